The number of methoxy groups -OCH3 is 1. The van der Waals surface area contributed by atoms with Crippen molar-refractivity contribution in [3.8, 4) is 5.88 Å². The van der Waals surface area contributed by atoms with Gasteiger partial charge in [0.25, 0.3) is 0 Å². The van der Waals surface area contributed by atoms with Gasteiger partial charge in [0.15, 0.2) is 5.82 Å². The van der Waals surface area contributed by atoms with Crippen LogP contribution in [0.3, 0.4) is 0 Å². The lowest BCUT2D eigenvalue weighted by Crippen LogP contribution is -2.05. The predicted octanol–water partition coefficient (Wildman–Crippen LogP) is 3.75. The third-order valence-electron chi connectivity index (χ3n) is 4.19. The van der Waals surface area contributed by atoms with E-state index < -0.39 is 5.82 Å². The molecular formula is C19H16ClFN6O. The van der Waals surface area contributed by atoms with Crippen LogP contribution < -0.4 is 10.1 Å². The fraction of sp³-hybridized carbons (Fsp3) is 0.158. The zero-order chi connectivity index (χ0) is 19.5. The van der Waals surface area contributed by atoms with Gasteiger partial charge in [-0.15, -0.1) is 0 Å². The SMILES string of the molecule is COc1ncc(CNc2ncc(Cc3c[nH]c4ncc(Cl)cc34)cn2)cc1F. The van der Waals surface area contributed by atoms with E-state index in [1.807, 2.05) is 12.3 Å². The van der Waals surface area contributed by atoms with Crippen LogP contribution in [0.1, 0.15) is 16.7 Å². The Morgan fingerprint density at radius 3 is 2.61 bits per heavy atom. The van der Waals surface area contributed by atoms with Crippen LogP contribution in [-0.4, -0.2) is 32.0 Å². The minimum Gasteiger partial charge on any atom is -0.479 e. The molecule has 0 aliphatic carbocycles. The molecule has 4 aromatic heterocycles. The lowest BCUT2D eigenvalue weighted by atomic mass is 10.1. The molecule has 0 aromatic carbocycles. The zero-order valence-corrected chi connectivity index (χ0v) is 15.7. The Morgan fingerprint density at radius 1 is 1.07 bits per heavy atom. The van der Waals surface area contributed by atoms with E-state index in [2.05, 4.69) is 30.2 Å². The van der Waals surface area contributed by atoms with E-state index in [9.17, 15) is 4.39 Å². The van der Waals surface area contributed by atoms with Gasteiger partial charge in [-0.25, -0.2) is 24.3 Å². The largest absolute Gasteiger partial charge is 0.479 e. The number of aromatic nitrogens is 5. The number of ether oxygens (including phenoxy) is 1. The lowest BCUT2D eigenvalue weighted by Gasteiger charge is -2.07. The van der Waals surface area contributed by atoms with Gasteiger partial charge < -0.3 is 15.0 Å². The van der Waals surface area contributed by atoms with Gasteiger partial charge in [-0.3, -0.25) is 0 Å². The first-order valence-electron chi connectivity index (χ1n) is 8.47. The highest BCUT2D eigenvalue weighted by molar-refractivity contribution is 6.31. The van der Waals surface area contributed by atoms with Crippen LogP contribution in [0.2, 0.25) is 5.02 Å². The molecule has 0 saturated carbocycles. The molecule has 2 N–H and O–H groups in total. The van der Waals surface area contributed by atoms with Gasteiger partial charge in [-0.2, -0.15) is 0 Å². The molecule has 0 unspecified atom stereocenters. The van der Waals surface area contributed by atoms with Crippen molar-refractivity contribution in [2.75, 3.05) is 12.4 Å². The van der Waals surface area contributed by atoms with Gasteiger partial charge >= 0.3 is 0 Å². The second kappa shape index (κ2) is 7.77. The van der Waals surface area contributed by atoms with Gasteiger partial charge in [0.05, 0.1) is 12.1 Å². The summed E-state index contributed by atoms with van der Waals surface area (Å²) in [5.41, 5.74) is 3.46. The summed E-state index contributed by atoms with van der Waals surface area (Å²) >= 11 is 6.04. The highest BCUT2D eigenvalue weighted by Crippen LogP contribution is 2.22. The number of hydrogen-bond acceptors (Lipinski definition) is 6. The van der Waals surface area contributed by atoms with E-state index in [0.29, 0.717) is 29.5 Å². The highest BCUT2D eigenvalue weighted by atomic mass is 35.5. The summed E-state index contributed by atoms with van der Waals surface area (Å²) in [6.07, 6.45) is 9.21. The standard InChI is InChI=1S/C19H16ClFN6O/c1-28-18-16(21)3-12(5-24-18)8-27-19-25-6-11(7-26-19)2-13-9-22-17-15(13)4-14(20)10-23-17/h3-7,9-10H,2,8H2,1H3,(H,22,23)(H,25,26,27). The van der Waals surface area contributed by atoms with Crippen LogP contribution in [-0.2, 0) is 13.0 Å². The van der Waals surface area contributed by atoms with Crippen molar-refractivity contribution < 1.29 is 9.13 Å². The number of pyridine rings is 2. The normalized spacial score (nSPS) is 11.0. The minimum atomic E-state index is -0.508. The molecule has 0 amide bonds. The Labute approximate surface area is 165 Å². The van der Waals surface area contributed by atoms with Crippen LogP contribution in [0.25, 0.3) is 11.0 Å². The fourth-order valence-corrected chi connectivity index (χ4v) is 2.99. The molecule has 4 heterocycles. The van der Waals surface area contributed by atoms with E-state index in [1.165, 1.54) is 13.2 Å². The van der Waals surface area contributed by atoms with Crippen LogP contribution in [0.15, 0.2) is 43.1 Å². The van der Waals surface area contributed by atoms with Crippen molar-refractivity contribution >= 4 is 28.6 Å². The molecule has 4 aromatic rings. The van der Waals surface area contributed by atoms with Gasteiger partial charge in [0.2, 0.25) is 11.8 Å². The highest BCUT2D eigenvalue weighted by Gasteiger charge is 2.08. The number of anilines is 1. The maximum absolute atomic E-state index is 13.7. The fourth-order valence-electron chi connectivity index (χ4n) is 2.83. The number of nitrogens with zero attached hydrogens (tertiary/aromatic N) is 4. The molecule has 28 heavy (non-hydrogen) atoms. The molecular weight excluding hydrogens is 383 g/mol. The summed E-state index contributed by atoms with van der Waals surface area (Å²) in [5, 5.41) is 4.61. The van der Waals surface area contributed by atoms with Crippen LogP contribution in [0.4, 0.5) is 10.3 Å². The van der Waals surface area contributed by atoms with Crippen molar-refractivity contribution in [3.63, 3.8) is 0 Å². The number of rotatable bonds is 6. The Morgan fingerprint density at radius 2 is 1.86 bits per heavy atom. The molecule has 7 nitrogen and oxygen atoms in total. The van der Waals surface area contributed by atoms with Crippen molar-refractivity contribution in [2.45, 2.75) is 13.0 Å². The average Bonchev–Trinajstić information content (AvgIpc) is 3.09. The topological polar surface area (TPSA) is 88.6 Å². The molecule has 0 fully saturated rings. The Hall–Kier alpha value is -3.26. The van der Waals surface area contributed by atoms with E-state index >= 15 is 0 Å². The number of hydrogen-bond donors (Lipinski definition) is 2. The maximum atomic E-state index is 13.7. The second-order valence-corrected chi connectivity index (χ2v) is 6.58. The summed E-state index contributed by atoms with van der Waals surface area (Å²) in [6, 6.07) is 3.25. The second-order valence-electron chi connectivity index (χ2n) is 6.14. The molecule has 4 rings (SSSR count). The number of aromatic amines is 1. The molecule has 0 bridgehead atoms. The van der Waals surface area contributed by atoms with E-state index in [4.69, 9.17) is 16.3 Å². The first kappa shape index (κ1) is 18.1. The van der Waals surface area contributed by atoms with E-state index in [0.717, 1.165) is 22.2 Å². The monoisotopic (exact) mass is 398 g/mol. The number of fused-ring (bicyclic) bond motifs is 1. The van der Waals surface area contributed by atoms with Crippen molar-refractivity contribution in [3.05, 3.63) is 70.6 Å². The quantitative estimate of drug-likeness (QED) is 0.514. The van der Waals surface area contributed by atoms with Crippen LogP contribution in [0, 0.1) is 5.82 Å². The summed E-state index contributed by atoms with van der Waals surface area (Å²) in [5.74, 6) is -0.0897. The Bertz CT molecular complexity index is 1120. The predicted molar refractivity (Wildman–Crippen MR) is 104 cm³/mol. The maximum Gasteiger partial charge on any atom is 0.250 e. The van der Waals surface area contributed by atoms with Gasteiger partial charge in [-0.1, -0.05) is 11.6 Å². The van der Waals surface area contributed by atoms with E-state index in [1.54, 1.807) is 24.8 Å². The molecule has 142 valence electrons. The van der Waals surface area contributed by atoms with Crippen molar-refractivity contribution in [1.82, 2.24) is 24.9 Å². The molecule has 0 atom stereocenters. The number of H-pyrrole nitrogens is 1. The number of halogens is 2. The first-order valence-corrected chi connectivity index (χ1v) is 8.85. The smallest absolute Gasteiger partial charge is 0.250 e. The third kappa shape index (κ3) is 3.86. The first-order chi connectivity index (χ1) is 13.6. The molecule has 0 spiro atoms. The molecule has 0 radical (unpaired) electrons. The molecule has 0 aliphatic heterocycles. The van der Waals surface area contributed by atoms with E-state index in [-0.39, 0.29) is 5.88 Å². The Kier molecular flexibility index (Phi) is 5.03. The summed E-state index contributed by atoms with van der Waals surface area (Å²) < 4.78 is 18.5. The number of nitrogens with one attached hydrogen (secondary N) is 2. The lowest BCUT2D eigenvalue weighted by molar-refractivity contribution is 0.368. The van der Waals surface area contributed by atoms with Gasteiger partial charge in [-0.05, 0) is 28.8 Å². The molecule has 9 heteroatoms. The van der Waals surface area contributed by atoms with Gasteiger partial charge in [0, 0.05) is 49.3 Å². The summed E-state index contributed by atoms with van der Waals surface area (Å²) in [4.78, 5) is 19.9. The zero-order valence-electron chi connectivity index (χ0n) is 14.9. The summed E-state index contributed by atoms with van der Waals surface area (Å²) in [7, 11) is 1.38. The minimum absolute atomic E-state index is 0.0295. The average molecular weight is 399 g/mol. The third-order valence-corrected chi connectivity index (χ3v) is 4.40. The van der Waals surface area contributed by atoms with Crippen molar-refractivity contribution in [1.29, 1.82) is 0 Å². The summed E-state index contributed by atoms with van der Waals surface area (Å²) in [6.45, 7) is 0.347. The molecule has 0 aliphatic rings. The van der Waals surface area contributed by atoms with Crippen LogP contribution >= 0.6 is 11.6 Å². The Balaban J connectivity index is 1.42. The molecule has 0 saturated heterocycles. The van der Waals surface area contributed by atoms with Gasteiger partial charge in [0.1, 0.15) is 5.65 Å². The van der Waals surface area contributed by atoms with Crippen LogP contribution in [0.5, 0.6) is 5.88 Å². The van der Waals surface area contributed by atoms with Crippen molar-refractivity contribution in [2.24, 2.45) is 0 Å².